The van der Waals surface area contributed by atoms with Crippen LogP contribution in [0.15, 0.2) is 46.0 Å². The maximum absolute atomic E-state index is 12.4. The van der Waals surface area contributed by atoms with Crippen molar-refractivity contribution >= 4 is 40.2 Å². The molecule has 0 aliphatic rings. The van der Waals surface area contributed by atoms with E-state index in [0.717, 1.165) is 0 Å². The quantitative estimate of drug-likeness (QED) is 0.475. The summed E-state index contributed by atoms with van der Waals surface area (Å²) in [5.74, 6) is 1.21. The van der Waals surface area contributed by atoms with Gasteiger partial charge in [0, 0.05) is 17.2 Å². The second-order valence-electron chi connectivity index (χ2n) is 4.87. The van der Waals surface area contributed by atoms with Crippen LogP contribution in [0.3, 0.4) is 0 Å². The van der Waals surface area contributed by atoms with Crippen molar-refractivity contribution in [1.82, 2.24) is 4.98 Å². The van der Waals surface area contributed by atoms with Crippen LogP contribution in [0.5, 0.6) is 11.5 Å². The zero-order valence-corrected chi connectivity index (χ0v) is 14.6. The van der Waals surface area contributed by atoms with Crippen molar-refractivity contribution < 1.29 is 18.7 Å². The fourth-order valence-electron chi connectivity index (χ4n) is 2.17. The predicted molar refractivity (Wildman–Crippen MR) is 93.6 cm³/mol. The Morgan fingerprint density at radius 3 is 2.79 bits per heavy atom. The molecule has 0 bridgehead atoms. The number of hydrogen-bond donors (Lipinski definition) is 0. The summed E-state index contributed by atoms with van der Waals surface area (Å²) in [6, 6.07) is 10.3. The Morgan fingerprint density at radius 1 is 1.21 bits per heavy atom. The van der Waals surface area contributed by atoms with Crippen LogP contribution in [0.25, 0.3) is 11.1 Å². The number of carbonyl (C=O) groups is 1. The standard InChI is InChI=1S/C17H14ClNO4S/c1-21-11-4-5-12(15(8-11)22-2)14(20)9-24-17-19-13-6-3-10(18)7-16(13)23-17/h3-8H,9H2,1-2H3. The zero-order valence-electron chi connectivity index (χ0n) is 13.0. The Labute approximate surface area is 147 Å². The van der Waals surface area contributed by atoms with Crippen molar-refractivity contribution in [2.45, 2.75) is 5.22 Å². The summed E-state index contributed by atoms with van der Waals surface area (Å²) in [6.07, 6.45) is 0. The number of Topliss-reactive ketones (excluding diaryl/α,β-unsaturated/α-hetero) is 1. The Kier molecular flexibility index (Phi) is 4.97. The van der Waals surface area contributed by atoms with Crippen molar-refractivity contribution in [3.05, 3.63) is 47.0 Å². The highest BCUT2D eigenvalue weighted by molar-refractivity contribution is 7.99. The molecule has 3 aromatic rings. The number of benzene rings is 2. The first kappa shape index (κ1) is 16.7. The Morgan fingerprint density at radius 2 is 2.04 bits per heavy atom. The van der Waals surface area contributed by atoms with Gasteiger partial charge in [-0.3, -0.25) is 4.79 Å². The summed E-state index contributed by atoms with van der Waals surface area (Å²) in [4.78, 5) is 16.8. The number of carbonyl (C=O) groups excluding carboxylic acids is 1. The van der Waals surface area contributed by atoms with Gasteiger partial charge in [0.25, 0.3) is 5.22 Å². The molecule has 0 aliphatic heterocycles. The topological polar surface area (TPSA) is 61.6 Å². The smallest absolute Gasteiger partial charge is 0.257 e. The molecule has 1 aromatic heterocycles. The molecule has 0 fully saturated rings. The molecular formula is C17H14ClNO4S. The molecule has 0 saturated heterocycles. The molecule has 5 nitrogen and oxygen atoms in total. The predicted octanol–water partition coefficient (Wildman–Crippen LogP) is 4.47. The van der Waals surface area contributed by atoms with Crippen molar-refractivity contribution in [2.24, 2.45) is 0 Å². The minimum Gasteiger partial charge on any atom is -0.497 e. The highest BCUT2D eigenvalue weighted by Gasteiger charge is 2.15. The summed E-state index contributed by atoms with van der Waals surface area (Å²) in [5, 5.41) is 1.00. The van der Waals surface area contributed by atoms with Crippen LogP contribution in [0.2, 0.25) is 5.02 Å². The molecule has 7 heteroatoms. The van der Waals surface area contributed by atoms with Gasteiger partial charge in [0.05, 0.1) is 25.5 Å². The lowest BCUT2D eigenvalue weighted by molar-refractivity contribution is 0.101. The van der Waals surface area contributed by atoms with Gasteiger partial charge in [-0.1, -0.05) is 23.4 Å². The van der Waals surface area contributed by atoms with Gasteiger partial charge in [-0.05, 0) is 24.3 Å². The van der Waals surface area contributed by atoms with Crippen molar-refractivity contribution in [3.8, 4) is 11.5 Å². The molecule has 1 heterocycles. The monoisotopic (exact) mass is 363 g/mol. The van der Waals surface area contributed by atoms with Crippen molar-refractivity contribution in [2.75, 3.05) is 20.0 Å². The SMILES string of the molecule is COc1ccc(C(=O)CSc2nc3ccc(Cl)cc3o2)c(OC)c1. The van der Waals surface area contributed by atoms with Crippen LogP contribution < -0.4 is 9.47 Å². The molecule has 0 radical (unpaired) electrons. The Hall–Kier alpha value is -2.18. The summed E-state index contributed by atoms with van der Waals surface area (Å²) in [5.41, 5.74) is 1.79. The van der Waals surface area contributed by atoms with Gasteiger partial charge in [0.15, 0.2) is 11.4 Å². The normalized spacial score (nSPS) is 10.8. The number of hydrogen-bond acceptors (Lipinski definition) is 6. The van der Waals surface area contributed by atoms with Gasteiger partial charge in [0.1, 0.15) is 17.0 Å². The fraction of sp³-hybridized carbons (Fsp3) is 0.176. The van der Waals surface area contributed by atoms with E-state index in [4.69, 9.17) is 25.5 Å². The number of oxazole rings is 1. The number of halogens is 1. The number of ketones is 1. The molecule has 24 heavy (non-hydrogen) atoms. The average Bonchev–Trinajstić information content (AvgIpc) is 3.00. The molecule has 3 rings (SSSR count). The first-order valence-electron chi connectivity index (χ1n) is 7.05. The summed E-state index contributed by atoms with van der Waals surface area (Å²) in [7, 11) is 3.08. The number of rotatable bonds is 6. The van der Waals surface area contributed by atoms with Crippen LogP contribution >= 0.6 is 23.4 Å². The molecule has 0 saturated carbocycles. The highest BCUT2D eigenvalue weighted by atomic mass is 35.5. The van der Waals surface area contributed by atoms with Crippen LogP contribution in [-0.4, -0.2) is 30.7 Å². The molecule has 0 unspecified atom stereocenters. The third-order valence-corrected chi connectivity index (χ3v) is 4.43. The first-order valence-corrected chi connectivity index (χ1v) is 8.41. The number of methoxy groups -OCH3 is 2. The van der Waals surface area contributed by atoms with Gasteiger partial charge >= 0.3 is 0 Å². The van der Waals surface area contributed by atoms with E-state index in [1.165, 1.54) is 18.9 Å². The lowest BCUT2D eigenvalue weighted by Crippen LogP contribution is -2.05. The Balaban J connectivity index is 1.74. The molecule has 0 amide bonds. The first-order chi connectivity index (χ1) is 11.6. The van der Waals surface area contributed by atoms with Crippen LogP contribution in [0, 0.1) is 0 Å². The second kappa shape index (κ2) is 7.15. The molecular weight excluding hydrogens is 350 g/mol. The van der Waals surface area contributed by atoms with Gasteiger partial charge < -0.3 is 13.9 Å². The number of fused-ring (bicyclic) bond motifs is 1. The number of nitrogens with zero attached hydrogens (tertiary/aromatic N) is 1. The van der Waals surface area contributed by atoms with Gasteiger partial charge in [-0.25, -0.2) is 4.98 Å². The van der Waals surface area contributed by atoms with Gasteiger partial charge in [-0.15, -0.1) is 0 Å². The number of aromatic nitrogens is 1. The lowest BCUT2D eigenvalue weighted by Gasteiger charge is -2.08. The van der Waals surface area contributed by atoms with E-state index in [-0.39, 0.29) is 11.5 Å². The molecule has 2 aromatic carbocycles. The zero-order chi connectivity index (χ0) is 17.1. The van der Waals surface area contributed by atoms with Crippen molar-refractivity contribution in [1.29, 1.82) is 0 Å². The van der Waals surface area contributed by atoms with E-state index in [2.05, 4.69) is 4.98 Å². The maximum atomic E-state index is 12.4. The molecule has 0 atom stereocenters. The highest BCUT2D eigenvalue weighted by Crippen LogP contribution is 2.29. The summed E-state index contributed by atoms with van der Waals surface area (Å²) < 4.78 is 16.0. The van der Waals surface area contributed by atoms with E-state index in [1.54, 1.807) is 43.5 Å². The van der Waals surface area contributed by atoms with E-state index >= 15 is 0 Å². The van der Waals surface area contributed by atoms with Crippen LogP contribution in [-0.2, 0) is 0 Å². The Bertz CT molecular complexity index is 893. The fourth-order valence-corrected chi connectivity index (χ4v) is 3.06. The van der Waals surface area contributed by atoms with E-state index in [0.29, 0.717) is 38.4 Å². The second-order valence-corrected chi connectivity index (χ2v) is 6.23. The molecule has 0 N–H and O–H groups in total. The van der Waals surface area contributed by atoms with E-state index in [1.807, 2.05) is 0 Å². The number of ether oxygens (including phenoxy) is 2. The molecule has 0 aliphatic carbocycles. The summed E-state index contributed by atoms with van der Waals surface area (Å²) >= 11 is 7.15. The minimum absolute atomic E-state index is 0.0835. The molecule has 124 valence electrons. The third-order valence-electron chi connectivity index (χ3n) is 3.37. The van der Waals surface area contributed by atoms with E-state index < -0.39 is 0 Å². The van der Waals surface area contributed by atoms with E-state index in [9.17, 15) is 4.79 Å². The average molecular weight is 364 g/mol. The number of thioether (sulfide) groups is 1. The van der Waals surface area contributed by atoms with Crippen LogP contribution in [0.1, 0.15) is 10.4 Å². The summed E-state index contributed by atoms with van der Waals surface area (Å²) in [6.45, 7) is 0. The molecule has 0 spiro atoms. The minimum atomic E-state index is -0.0835. The maximum Gasteiger partial charge on any atom is 0.257 e. The van der Waals surface area contributed by atoms with Crippen LogP contribution in [0.4, 0.5) is 0 Å². The van der Waals surface area contributed by atoms with Crippen molar-refractivity contribution in [3.63, 3.8) is 0 Å². The third kappa shape index (κ3) is 3.49. The van der Waals surface area contributed by atoms with Gasteiger partial charge in [0.2, 0.25) is 0 Å². The van der Waals surface area contributed by atoms with Gasteiger partial charge in [-0.2, -0.15) is 0 Å². The largest absolute Gasteiger partial charge is 0.497 e. The lowest BCUT2D eigenvalue weighted by atomic mass is 10.1.